The van der Waals surface area contributed by atoms with Crippen molar-refractivity contribution in [1.82, 2.24) is 9.47 Å². The highest BCUT2D eigenvalue weighted by Gasteiger charge is 2.29. The number of aliphatic hydroxyl groups is 1. The predicted molar refractivity (Wildman–Crippen MR) is 114 cm³/mol. The van der Waals surface area contributed by atoms with Crippen LogP contribution in [0.4, 0.5) is 4.39 Å². The molecule has 29 heavy (non-hydrogen) atoms. The van der Waals surface area contributed by atoms with Gasteiger partial charge in [-0.05, 0) is 62.7 Å². The van der Waals surface area contributed by atoms with Crippen LogP contribution < -0.4 is 4.74 Å². The molecule has 0 bridgehead atoms. The normalized spacial score (nSPS) is 17.0. The van der Waals surface area contributed by atoms with Gasteiger partial charge in [0.1, 0.15) is 5.60 Å². The summed E-state index contributed by atoms with van der Waals surface area (Å²) in [6, 6.07) is 11.2. The second kappa shape index (κ2) is 7.47. The Bertz CT molecular complexity index is 1050. The van der Waals surface area contributed by atoms with Gasteiger partial charge < -0.3 is 19.3 Å². The van der Waals surface area contributed by atoms with Crippen molar-refractivity contribution in [1.29, 1.82) is 0 Å². The Labute approximate surface area is 171 Å². The molecule has 1 aliphatic heterocycles. The maximum absolute atomic E-state index is 14.3. The fraction of sp³-hybridized carbons (Fsp3) is 0.417. The number of fused-ring (bicyclic) bond motifs is 3. The zero-order chi connectivity index (χ0) is 20.8. The molecule has 2 heterocycles. The van der Waals surface area contributed by atoms with Gasteiger partial charge >= 0.3 is 0 Å². The number of methoxy groups -OCH3 is 1. The van der Waals surface area contributed by atoms with Crippen molar-refractivity contribution in [2.45, 2.75) is 38.8 Å². The van der Waals surface area contributed by atoms with E-state index >= 15 is 0 Å². The molecule has 2 aromatic carbocycles. The molecule has 1 aliphatic rings. The fourth-order valence-corrected chi connectivity index (χ4v) is 4.45. The van der Waals surface area contributed by atoms with Crippen LogP contribution in [0.1, 0.15) is 29.3 Å². The Kier molecular flexibility index (Phi) is 5.13. The summed E-state index contributed by atoms with van der Waals surface area (Å²) in [5.41, 5.74) is 4.37. The molecule has 0 aliphatic carbocycles. The van der Waals surface area contributed by atoms with E-state index in [2.05, 4.69) is 41.6 Å². The highest BCUT2D eigenvalue weighted by molar-refractivity contribution is 5.86. The van der Waals surface area contributed by atoms with Crippen molar-refractivity contribution in [3.8, 4) is 5.75 Å². The van der Waals surface area contributed by atoms with Crippen molar-refractivity contribution in [3.63, 3.8) is 0 Å². The van der Waals surface area contributed by atoms with Crippen molar-refractivity contribution in [2.24, 2.45) is 0 Å². The van der Waals surface area contributed by atoms with Gasteiger partial charge in [-0.15, -0.1) is 0 Å². The Morgan fingerprint density at radius 1 is 1.14 bits per heavy atom. The van der Waals surface area contributed by atoms with Crippen LogP contribution in [-0.4, -0.2) is 41.8 Å². The lowest BCUT2D eigenvalue weighted by atomic mass is 9.95. The van der Waals surface area contributed by atoms with E-state index < -0.39 is 11.4 Å². The molecular formula is C24H29FN2O2. The van der Waals surface area contributed by atoms with Crippen LogP contribution in [0.5, 0.6) is 5.75 Å². The number of nitrogens with zero attached hydrogens (tertiary/aromatic N) is 2. The summed E-state index contributed by atoms with van der Waals surface area (Å²) in [6.07, 6.45) is 1.94. The van der Waals surface area contributed by atoms with Crippen molar-refractivity contribution in [2.75, 3.05) is 27.2 Å². The third kappa shape index (κ3) is 3.65. The molecule has 0 spiro atoms. The second-order valence-corrected chi connectivity index (χ2v) is 8.46. The monoisotopic (exact) mass is 396 g/mol. The smallest absolute Gasteiger partial charge is 0.165 e. The number of ether oxygens (including phenoxy) is 1. The van der Waals surface area contributed by atoms with E-state index in [9.17, 15) is 9.50 Å². The first-order valence-corrected chi connectivity index (χ1v) is 10.2. The van der Waals surface area contributed by atoms with Crippen LogP contribution in [0, 0.1) is 12.7 Å². The maximum Gasteiger partial charge on any atom is 0.165 e. The molecule has 5 heteroatoms. The van der Waals surface area contributed by atoms with Crippen molar-refractivity contribution in [3.05, 3.63) is 64.6 Å². The number of benzene rings is 2. The Balaban J connectivity index is 1.80. The average molecular weight is 397 g/mol. The van der Waals surface area contributed by atoms with Crippen molar-refractivity contribution >= 4 is 10.9 Å². The summed E-state index contributed by atoms with van der Waals surface area (Å²) in [6.45, 7) is 6.25. The first kappa shape index (κ1) is 19.9. The first-order valence-electron chi connectivity index (χ1n) is 10.2. The number of hydrogen-bond donors (Lipinski definition) is 1. The lowest BCUT2D eigenvalue weighted by Gasteiger charge is -2.27. The second-order valence-electron chi connectivity index (χ2n) is 8.46. The van der Waals surface area contributed by atoms with E-state index in [4.69, 9.17) is 4.74 Å². The van der Waals surface area contributed by atoms with Gasteiger partial charge in [0, 0.05) is 36.1 Å². The van der Waals surface area contributed by atoms with Gasteiger partial charge in [-0.2, -0.15) is 0 Å². The number of rotatable bonds is 4. The average Bonchev–Trinajstić information content (AvgIpc) is 2.81. The molecule has 0 saturated carbocycles. The third-order valence-corrected chi connectivity index (χ3v) is 6.16. The van der Waals surface area contributed by atoms with Gasteiger partial charge in [-0.25, -0.2) is 4.39 Å². The molecule has 154 valence electrons. The Hall–Kier alpha value is -2.37. The largest absolute Gasteiger partial charge is 0.494 e. The molecule has 1 atom stereocenters. The van der Waals surface area contributed by atoms with E-state index in [0.29, 0.717) is 12.1 Å². The van der Waals surface area contributed by atoms with E-state index in [1.165, 1.54) is 35.4 Å². The van der Waals surface area contributed by atoms with E-state index in [0.717, 1.165) is 31.4 Å². The minimum absolute atomic E-state index is 0.184. The van der Waals surface area contributed by atoms with Gasteiger partial charge in [0.2, 0.25) is 0 Å². The fourth-order valence-electron chi connectivity index (χ4n) is 4.45. The summed E-state index contributed by atoms with van der Waals surface area (Å²) in [4.78, 5) is 2.35. The summed E-state index contributed by atoms with van der Waals surface area (Å²) in [7, 11) is 3.59. The van der Waals surface area contributed by atoms with Gasteiger partial charge in [-0.3, -0.25) is 0 Å². The topological polar surface area (TPSA) is 37.6 Å². The number of aromatic nitrogens is 1. The molecule has 4 nitrogen and oxygen atoms in total. The standard InChI is InChI=1S/C24H29FN2O2/c1-16-5-7-21-19(13-16)18-9-11-26(3)12-10-22(18)27(21)15-24(2,28)17-6-8-23(29-4)20(25)14-17/h5-8,13-14,28H,9-12,15H2,1-4H3. The molecule has 0 fully saturated rings. The number of hydrogen-bond acceptors (Lipinski definition) is 3. The summed E-state index contributed by atoms with van der Waals surface area (Å²) < 4.78 is 21.5. The molecule has 0 amide bonds. The molecule has 3 aromatic rings. The maximum atomic E-state index is 14.3. The molecule has 1 aromatic heterocycles. The van der Waals surface area contributed by atoms with E-state index in [1.54, 1.807) is 19.1 Å². The summed E-state index contributed by atoms with van der Waals surface area (Å²) >= 11 is 0. The van der Waals surface area contributed by atoms with E-state index in [1.807, 2.05) is 0 Å². The Morgan fingerprint density at radius 2 is 1.90 bits per heavy atom. The highest BCUT2D eigenvalue weighted by Crippen LogP contribution is 2.34. The van der Waals surface area contributed by atoms with Crippen LogP contribution in [0.25, 0.3) is 10.9 Å². The molecule has 0 saturated heterocycles. The minimum atomic E-state index is -1.21. The van der Waals surface area contributed by atoms with Crippen LogP contribution in [0.15, 0.2) is 36.4 Å². The van der Waals surface area contributed by atoms with Gasteiger partial charge in [0.15, 0.2) is 11.6 Å². The molecule has 4 rings (SSSR count). The van der Waals surface area contributed by atoms with Crippen LogP contribution >= 0.6 is 0 Å². The quantitative estimate of drug-likeness (QED) is 0.723. The van der Waals surface area contributed by atoms with Crippen molar-refractivity contribution < 1.29 is 14.2 Å². The lowest BCUT2D eigenvalue weighted by Crippen LogP contribution is -2.29. The first-order chi connectivity index (χ1) is 13.8. The molecule has 1 N–H and O–H groups in total. The highest BCUT2D eigenvalue weighted by atomic mass is 19.1. The molecule has 1 unspecified atom stereocenters. The van der Waals surface area contributed by atoms with E-state index in [-0.39, 0.29) is 5.75 Å². The van der Waals surface area contributed by atoms with Gasteiger partial charge in [0.25, 0.3) is 0 Å². The molecule has 0 radical (unpaired) electrons. The lowest BCUT2D eigenvalue weighted by molar-refractivity contribution is 0.0384. The third-order valence-electron chi connectivity index (χ3n) is 6.16. The predicted octanol–water partition coefficient (Wildman–Crippen LogP) is 4.04. The number of likely N-dealkylation sites (N-methyl/N-ethyl adjacent to an activating group) is 1. The molecular weight excluding hydrogens is 367 g/mol. The summed E-state index contributed by atoms with van der Waals surface area (Å²) in [5.74, 6) is -0.276. The van der Waals surface area contributed by atoms with Gasteiger partial charge in [-0.1, -0.05) is 17.7 Å². The zero-order valence-electron chi connectivity index (χ0n) is 17.6. The van der Waals surface area contributed by atoms with Gasteiger partial charge in [0.05, 0.1) is 13.7 Å². The Morgan fingerprint density at radius 3 is 2.62 bits per heavy atom. The van der Waals surface area contributed by atoms with Crippen LogP contribution in [0.3, 0.4) is 0 Å². The number of halogens is 1. The van der Waals surface area contributed by atoms with Crippen LogP contribution in [0.2, 0.25) is 0 Å². The summed E-state index contributed by atoms with van der Waals surface area (Å²) in [5, 5.41) is 12.6. The number of aryl methyl sites for hydroxylation is 1. The zero-order valence-corrected chi connectivity index (χ0v) is 17.6. The SMILES string of the molecule is COc1ccc(C(C)(O)Cn2c3c(c4cc(C)ccc42)CCN(C)CC3)cc1F. The minimum Gasteiger partial charge on any atom is -0.494 e. The van der Waals surface area contributed by atoms with Crippen LogP contribution in [-0.2, 0) is 25.0 Å².